The summed E-state index contributed by atoms with van der Waals surface area (Å²) in [5.41, 5.74) is 0.443. The molecule has 1 amide bonds. The minimum Gasteiger partial charge on any atom is -0.508 e. The highest BCUT2D eigenvalue weighted by Gasteiger charge is 2.46. The first-order valence-corrected chi connectivity index (χ1v) is 9.93. The van der Waals surface area contributed by atoms with Crippen LogP contribution in [0.3, 0.4) is 0 Å². The van der Waals surface area contributed by atoms with Crippen molar-refractivity contribution >= 4 is 23.3 Å². The summed E-state index contributed by atoms with van der Waals surface area (Å²) >= 11 is 0. The lowest BCUT2D eigenvalue weighted by molar-refractivity contribution is -0.123. The van der Waals surface area contributed by atoms with E-state index in [1.807, 2.05) is 0 Å². The SMILES string of the molecule is CCOC(=O)c1ccc(N2C(=O)C(O)=C(C(=O)C(C)(C)C)C2c2ccc(O)cc2)cc1. The Bertz CT molecular complexity index is 1040. The first-order valence-electron chi connectivity index (χ1n) is 9.93. The molecule has 1 aliphatic heterocycles. The zero-order chi connectivity index (χ0) is 22.9. The van der Waals surface area contributed by atoms with Gasteiger partial charge in [-0.15, -0.1) is 0 Å². The van der Waals surface area contributed by atoms with Gasteiger partial charge < -0.3 is 14.9 Å². The zero-order valence-corrected chi connectivity index (χ0v) is 17.9. The summed E-state index contributed by atoms with van der Waals surface area (Å²) in [6.45, 7) is 7.09. The molecule has 0 saturated carbocycles. The summed E-state index contributed by atoms with van der Waals surface area (Å²) in [5, 5.41) is 20.3. The molecule has 0 bridgehead atoms. The quantitative estimate of drug-likeness (QED) is 0.702. The van der Waals surface area contributed by atoms with Gasteiger partial charge in [-0.3, -0.25) is 14.5 Å². The van der Waals surface area contributed by atoms with Crippen LogP contribution in [0.25, 0.3) is 0 Å². The van der Waals surface area contributed by atoms with Gasteiger partial charge in [0, 0.05) is 11.1 Å². The van der Waals surface area contributed by atoms with Gasteiger partial charge in [0.15, 0.2) is 11.5 Å². The minimum absolute atomic E-state index is 0.00217. The molecule has 0 aliphatic carbocycles. The molecule has 1 atom stereocenters. The van der Waals surface area contributed by atoms with Crippen LogP contribution in [0.1, 0.15) is 49.7 Å². The lowest BCUT2D eigenvalue weighted by atomic mass is 9.82. The van der Waals surface area contributed by atoms with Crippen LogP contribution in [0.2, 0.25) is 0 Å². The Hall–Kier alpha value is -3.61. The largest absolute Gasteiger partial charge is 0.508 e. The topological polar surface area (TPSA) is 104 Å². The third-order valence-corrected chi connectivity index (χ3v) is 5.00. The second-order valence-electron chi connectivity index (χ2n) is 8.28. The van der Waals surface area contributed by atoms with Crippen LogP contribution in [0.15, 0.2) is 59.9 Å². The van der Waals surface area contributed by atoms with Crippen LogP contribution in [0.5, 0.6) is 5.75 Å². The molecule has 0 radical (unpaired) electrons. The van der Waals surface area contributed by atoms with Crippen molar-refractivity contribution < 1.29 is 29.3 Å². The predicted octanol–water partition coefficient (Wildman–Crippen LogP) is 4.08. The van der Waals surface area contributed by atoms with Gasteiger partial charge in [-0.05, 0) is 48.9 Å². The molecule has 1 aliphatic rings. The molecule has 162 valence electrons. The number of carbonyl (C=O) groups is 3. The molecule has 7 nitrogen and oxygen atoms in total. The van der Waals surface area contributed by atoms with Gasteiger partial charge in [0.1, 0.15) is 5.75 Å². The van der Waals surface area contributed by atoms with E-state index < -0.39 is 29.1 Å². The van der Waals surface area contributed by atoms with E-state index in [4.69, 9.17) is 4.74 Å². The van der Waals surface area contributed by atoms with Crippen LogP contribution >= 0.6 is 0 Å². The number of phenols is 1. The number of ketones is 1. The molecule has 1 unspecified atom stereocenters. The molecule has 0 spiro atoms. The Morgan fingerprint density at radius 2 is 1.58 bits per heavy atom. The Balaban J connectivity index is 2.11. The lowest BCUT2D eigenvalue weighted by Crippen LogP contribution is -2.32. The average molecular weight is 423 g/mol. The lowest BCUT2D eigenvalue weighted by Gasteiger charge is -2.29. The smallest absolute Gasteiger partial charge is 0.338 e. The number of ether oxygens (including phenoxy) is 1. The molecular formula is C24H25NO6. The van der Waals surface area contributed by atoms with Gasteiger partial charge in [0.25, 0.3) is 5.91 Å². The van der Waals surface area contributed by atoms with Crippen molar-refractivity contribution in [2.75, 3.05) is 11.5 Å². The monoisotopic (exact) mass is 423 g/mol. The number of aliphatic hydroxyl groups is 1. The van der Waals surface area contributed by atoms with E-state index in [1.165, 1.54) is 29.2 Å². The predicted molar refractivity (Wildman–Crippen MR) is 115 cm³/mol. The fourth-order valence-electron chi connectivity index (χ4n) is 3.45. The first-order chi connectivity index (χ1) is 14.6. The van der Waals surface area contributed by atoms with Crippen LogP contribution < -0.4 is 4.90 Å². The van der Waals surface area contributed by atoms with E-state index in [-0.39, 0.29) is 23.7 Å². The van der Waals surface area contributed by atoms with Gasteiger partial charge in [-0.2, -0.15) is 0 Å². The summed E-state index contributed by atoms with van der Waals surface area (Å²) in [4.78, 5) is 39.5. The van der Waals surface area contributed by atoms with E-state index in [0.717, 1.165) is 0 Å². The molecule has 1 heterocycles. The maximum absolute atomic E-state index is 13.2. The van der Waals surface area contributed by atoms with E-state index in [2.05, 4.69) is 0 Å². The Kier molecular flexibility index (Phi) is 5.88. The van der Waals surface area contributed by atoms with Crippen molar-refractivity contribution in [1.82, 2.24) is 0 Å². The van der Waals surface area contributed by atoms with Crippen molar-refractivity contribution in [3.05, 3.63) is 71.0 Å². The van der Waals surface area contributed by atoms with E-state index in [1.54, 1.807) is 52.0 Å². The van der Waals surface area contributed by atoms with E-state index in [0.29, 0.717) is 16.8 Å². The molecule has 2 aromatic carbocycles. The maximum Gasteiger partial charge on any atom is 0.338 e. The fourth-order valence-corrected chi connectivity index (χ4v) is 3.45. The Labute approximate surface area is 180 Å². The number of amides is 1. The number of carbonyl (C=O) groups excluding carboxylic acids is 3. The number of aliphatic hydroxyl groups excluding tert-OH is 1. The van der Waals surface area contributed by atoms with Gasteiger partial charge >= 0.3 is 5.97 Å². The number of benzene rings is 2. The Morgan fingerprint density at radius 3 is 2.10 bits per heavy atom. The van der Waals surface area contributed by atoms with E-state index in [9.17, 15) is 24.6 Å². The normalized spacial score (nSPS) is 16.6. The highest BCUT2D eigenvalue weighted by atomic mass is 16.5. The summed E-state index contributed by atoms with van der Waals surface area (Å²) in [7, 11) is 0. The van der Waals surface area contributed by atoms with Gasteiger partial charge in [0.2, 0.25) is 0 Å². The number of phenolic OH excluding ortho intramolecular Hbond substituents is 1. The molecule has 0 saturated heterocycles. The molecule has 2 aromatic rings. The average Bonchev–Trinajstić information content (AvgIpc) is 2.98. The van der Waals surface area contributed by atoms with Gasteiger partial charge in [-0.25, -0.2) is 4.79 Å². The maximum atomic E-state index is 13.2. The number of Topliss-reactive ketones (excluding diaryl/α,β-unsaturated/α-hetero) is 1. The highest BCUT2D eigenvalue weighted by Crippen LogP contribution is 2.43. The van der Waals surface area contributed by atoms with Crippen molar-refractivity contribution in [3.8, 4) is 5.75 Å². The number of nitrogens with zero attached hydrogens (tertiary/aromatic N) is 1. The highest BCUT2D eigenvalue weighted by molar-refractivity contribution is 6.17. The van der Waals surface area contributed by atoms with Crippen LogP contribution in [0.4, 0.5) is 5.69 Å². The van der Waals surface area contributed by atoms with Gasteiger partial charge in [-0.1, -0.05) is 32.9 Å². The summed E-state index contributed by atoms with van der Waals surface area (Å²) in [6.07, 6.45) is 0. The summed E-state index contributed by atoms with van der Waals surface area (Å²) in [6, 6.07) is 11.4. The second kappa shape index (κ2) is 8.26. The van der Waals surface area contributed by atoms with Crippen LogP contribution in [-0.4, -0.2) is 34.5 Å². The molecule has 0 fully saturated rings. The third kappa shape index (κ3) is 4.17. The number of esters is 1. The van der Waals surface area contributed by atoms with Gasteiger partial charge in [0.05, 0.1) is 23.8 Å². The molecular weight excluding hydrogens is 398 g/mol. The summed E-state index contributed by atoms with van der Waals surface area (Å²) < 4.78 is 4.98. The third-order valence-electron chi connectivity index (χ3n) is 5.00. The number of anilines is 1. The zero-order valence-electron chi connectivity index (χ0n) is 17.9. The number of rotatable bonds is 5. The number of hydrogen-bond donors (Lipinski definition) is 2. The standard InChI is InChI=1S/C24H25NO6/c1-5-31-23(30)15-6-10-16(11-7-15)25-19(14-8-12-17(26)13-9-14)18(20(27)22(25)29)21(28)24(2,3)4/h6-13,19,26-27H,5H2,1-4H3. The van der Waals surface area contributed by atoms with E-state index >= 15 is 0 Å². The van der Waals surface area contributed by atoms with Crippen molar-refractivity contribution in [1.29, 1.82) is 0 Å². The number of hydrogen-bond acceptors (Lipinski definition) is 6. The van der Waals surface area contributed by atoms with Crippen LogP contribution in [0, 0.1) is 5.41 Å². The van der Waals surface area contributed by atoms with Crippen molar-refractivity contribution in [2.24, 2.45) is 5.41 Å². The molecule has 2 N–H and O–H groups in total. The molecule has 0 aromatic heterocycles. The second-order valence-corrected chi connectivity index (χ2v) is 8.28. The summed E-state index contributed by atoms with van der Waals surface area (Å²) in [5.74, 6) is -2.12. The van der Waals surface area contributed by atoms with Crippen LogP contribution in [-0.2, 0) is 14.3 Å². The van der Waals surface area contributed by atoms with Crippen molar-refractivity contribution in [3.63, 3.8) is 0 Å². The fraction of sp³-hybridized carbons (Fsp3) is 0.292. The number of aromatic hydroxyl groups is 1. The molecule has 31 heavy (non-hydrogen) atoms. The molecule has 7 heteroatoms. The van der Waals surface area contributed by atoms with Crippen molar-refractivity contribution in [2.45, 2.75) is 33.7 Å². The Morgan fingerprint density at radius 1 is 1.00 bits per heavy atom. The molecule has 3 rings (SSSR count). The first kappa shape index (κ1) is 22.1. The minimum atomic E-state index is -0.881.